The number of halogens is 3. The molecule has 3 saturated heterocycles. The van der Waals surface area contributed by atoms with Gasteiger partial charge in [-0.1, -0.05) is 18.2 Å². The highest BCUT2D eigenvalue weighted by molar-refractivity contribution is 6.35. The normalized spacial score (nSPS) is 23.7. The van der Waals surface area contributed by atoms with Crippen LogP contribution in [0.1, 0.15) is 26.2 Å². The molecule has 3 aliphatic heterocycles. The minimum atomic E-state index is -0.750. The molecular formula is C32H34ClF2N7O2. The first-order chi connectivity index (χ1) is 21.1. The predicted octanol–water partition coefficient (Wildman–Crippen LogP) is 5.20. The van der Waals surface area contributed by atoms with Crippen LogP contribution < -0.4 is 9.64 Å². The number of aryl methyl sites for hydroxylation is 1. The van der Waals surface area contributed by atoms with Crippen molar-refractivity contribution in [2.24, 2.45) is 12.5 Å². The Morgan fingerprint density at radius 3 is 2.75 bits per heavy atom. The number of carbonyl (C=O) groups is 1. The summed E-state index contributed by atoms with van der Waals surface area (Å²) in [5.41, 5.74) is 0.260. The fraction of sp³-hybridized carbons (Fsp3) is 0.438. The summed E-state index contributed by atoms with van der Waals surface area (Å²) in [6, 6.07) is 4.81. The van der Waals surface area contributed by atoms with Crippen molar-refractivity contribution in [1.82, 2.24) is 29.5 Å². The van der Waals surface area contributed by atoms with Crippen LogP contribution in [0.3, 0.4) is 0 Å². The van der Waals surface area contributed by atoms with Gasteiger partial charge < -0.3 is 19.4 Å². The molecule has 2 aromatic carbocycles. The lowest BCUT2D eigenvalue weighted by Gasteiger charge is -2.54. The van der Waals surface area contributed by atoms with Gasteiger partial charge in [-0.15, -0.1) is 0 Å². The molecule has 2 aromatic heterocycles. The van der Waals surface area contributed by atoms with E-state index in [9.17, 15) is 4.79 Å². The van der Waals surface area contributed by atoms with Crippen LogP contribution in [-0.2, 0) is 11.8 Å². The number of hydrogen-bond donors (Lipinski definition) is 0. The lowest BCUT2D eigenvalue weighted by atomic mass is 9.71. The maximum absolute atomic E-state index is 16.8. The van der Waals surface area contributed by atoms with Gasteiger partial charge in [-0.25, -0.2) is 8.78 Å². The number of likely N-dealkylation sites (N-methyl/N-ethyl adjacent to an activating group) is 1. The number of amides is 1. The number of fused-ring (bicyclic) bond motifs is 2. The standard InChI is InChI=1S/C32H34ClF2N7O2/c1-5-24(43)42-17-32(18(42)2)10-12-41(16-32)30-21-13-22(33)25(26-23(34)9-8-19-14-36-40(4)29(19)26)27(35)28(21)37-31(38-30)44-15-20-7-6-11-39(20)3/h5,8-9,13-14,18,20H,1,6-7,10-12,15-17H2,2-4H3/t18?,20-,32?/m0/s1. The van der Waals surface area contributed by atoms with Crippen LogP contribution in [0, 0.1) is 17.0 Å². The van der Waals surface area contributed by atoms with Gasteiger partial charge in [-0.3, -0.25) is 9.48 Å². The topological polar surface area (TPSA) is 79.6 Å². The Morgan fingerprint density at radius 2 is 2.02 bits per heavy atom. The molecule has 5 heterocycles. The Kier molecular flexibility index (Phi) is 7.00. The first kappa shape index (κ1) is 28.9. The third-order valence-electron chi connectivity index (χ3n) is 10.0. The SMILES string of the molecule is C=CC(=O)N1CC2(CCN(c3nc(OC[C@@H]4CCCN4C)nc4c(F)c(-c5c(F)ccc6cnn(C)c56)c(Cl)cc34)C2)C1C. The van der Waals surface area contributed by atoms with Crippen molar-refractivity contribution in [3.8, 4) is 17.1 Å². The van der Waals surface area contributed by atoms with Crippen molar-refractivity contribution < 1.29 is 18.3 Å². The molecule has 0 aliphatic carbocycles. The van der Waals surface area contributed by atoms with Crippen LogP contribution in [-0.4, -0.2) is 87.4 Å². The Morgan fingerprint density at radius 1 is 1.20 bits per heavy atom. The van der Waals surface area contributed by atoms with E-state index in [2.05, 4.69) is 40.4 Å². The number of likely N-dealkylation sites (tertiary alicyclic amines) is 2. The van der Waals surface area contributed by atoms with Crippen LogP contribution in [0.4, 0.5) is 14.6 Å². The molecular weight excluding hydrogens is 588 g/mol. The van der Waals surface area contributed by atoms with E-state index in [1.165, 1.54) is 16.8 Å². The van der Waals surface area contributed by atoms with Crippen molar-refractivity contribution in [1.29, 1.82) is 0 Å². The first-order valence-corrected chi connectivity index (χ1v) is 15.3. The molecule has 0 N–H and O–H groups in total. The Balaban J connectivity index is 1.34. The molecule has 0 bridgehead atoms. The van der Waals surface area contributed by atoms with Crippen molar-refractivity contribution >= 4 is 45.1 Å². The van der Waals surface area contributed by atoms with Gasteiger partial charge in [-0.2, -0.15) is 15.1 Å². The van der Waals surface area contributed by atoms with E-state index in [-0.39, 0.29) is 51.1 Å². The molecule has 2 unspecified atom stereocenters. The number of carbonyl (C=O) groups excluding carboxylic acids is 1. The van der Waals surface area contributed by atoms with Gasteiger partial charge in [0.2, 0.25) is 5.91 Å². The molecule has 7 rings (SSSR count). The summed E-state index contributed by atoms with van der Waals surface area (Å²) in [5, 5.41) is 5.37. The smallest absolute Gasteiger partial charge is 0.319 e. The van der Waals surface area contributed by atoms with E-state index in [0.717, 1.165) is 25.8 Å². The number of hydrogen-bond acceptors (Lipinski definition) is 7. The van der Waals surface area contributed by atoms with Gasteiger partial charge in [0.05, 0.1) is 16.7 Å². The zero-order valence-electron chi connectivity index (χ0n) is 25.0. The zero-order valence-corrected chi connectivity index (χ0v) is 25.7. The van der Waals surface area contributed by atoms with Crippen molar-refractivity contribution in [2.75, 3.05) is 44.7 Å². The maximum Gasteiger partial charge on any atom is 0.319 e. The number of nitrogens with zero attached hydrogens (tertiary/aromatic N) is 7. The van der Waals surface area contributed by atoms with E-state index in [4.69, 9.17) is 21.3 Å². The highest BCUT2D eigenvalue weighted by atomic mass is 35.5. The van der Waals surface area contributed by atoms with Crippen LogP contribution in [0.25, 0.3) is 32.9 Å². The molecule has 3 atom stereocenters. The second-order valence-corrected chi connectivity index (χ2v) is 12.8. The van der Waals surface area contributed by atoms with Gasteiger partial charge in [0, 0.05) is 66.1 Å². The minimum absolute atomic E-state index is 0.00816. The summed E-state index contributed by atoms with van der Waals surface area (Å²) >= 11 is 6.80. The molecule has 3 aliphatic rings. The maximum atomic E-state index is 16.8. The predicted molar refractivity (Wildman–Crippen MR) is 166 cm³/mol. The van der Waals surface area contributed by atoms with E-state index < -0.39 is 11.6 Å². The summed E-state index contributed by atoms with van der Waals surface area (Å²) in [7, 11) is 3.73. The Labute approximate surface area is 259 Å². The lowest BCUT2D eigenvalue weighted by molar-refractivity contribution is -0.145. The summed E-state index contributed by atoms with van der Waals surface area (Å²) < 4.78 is 39.9. The summed E-state index contributed by atoms with van der Waals surface area (Å²) in [5.74, 6) is -0.941. The lowest BCUT2D eigenvalue weighted by Crippen LogP contribution is -2.65. The molecule has 0 saturated carbocycles. The molecule has 4 aromatic rings. The van der Waals surface area contributed by atoms with Gasteiger partial charge in [0.15, 0.2) is 5.82 Å². The summed E-state index contributed by atoms with van der Waals surface area (Å²) in [4.78, 5) is 27.8. The molecule has 1 amide bonds. The molecule has 0 radical (unpaired) electrons. The molecule has 3 fully saturated rings. The third kappa shape index (κ3) is 4.42. The molecule has 1 spiro atoms. The Hall–Kier alpha value is -3.83. The fourth-order valence-electron chi connectivity index (χ4n) is 7.29. The largest absolute Gasteiger partial charge is 0.462 e. The molecule has 230 valence electrons. The zero-order chi connectivity index (χ0) is 30.9. The van der Waals surface area contributed by atoms with Crippen LogP contribution in [0.15, 0.2) is 37.1 Å². The van der Waals surface area contributed by atoms with Gasteiger partial charge in [0.25, 0.3) is 0 Å². The summed E-state index contributed by atoms with van der Waals surface area (Å²) in [6.07, 6.45) is 5.86. The van der Waals surface area contributed by atoms with Crippen molar-refractivity contribution in [2.45, 2.75) is 38.3 Å². The minimum Gasteiger partial charge on any atom is -0.462 e. The monoisotopic (exact) mass is 621 g/mol. The highest BCUT2D eigenvalue weighted by Gasteiger charge is 2.55. The Bertz CT molecular complexity index is 1830. The average Bonchev–Trinajstić information content (AvgIpc) is 3.75. The van der Waals surface area contributed by atoms with Crippen molar-refractivity contribution in [3.63, 3.8) is 0 Å². The average molecular weight is 622 g/mol. The van der Waals surface area contributed by atoms with Gasteiger partial charge in [0.1, 0.15) is 23.8 Å². The van der Waals surface area contributed by atoms with Crippen LogP contribution in [0.5, 0.6) is 6.01 Å². The molecule has 44 heavy (non-hydrogen) atoms. The molecule has 9 nitrogen and oxygen atoms in total. The fourth-order valence-corrected chi connectivity index (χ4v) is 7.58. The van der Waals surface area contributed by atoms with E-state index in [1.54, 1.807) is 25.4 Å². The van der Waals surface area contributed by atoms with Crippen LogP contribution in [0.2, 0.25) is 5.02 Å². The second kappa shape index (κ2) is 10.7. The van der Waals surface area contributed by atoms with E-state index in [0.29, 0.717) is 48.3 Å². The van der Waals surface area contributed by atoms with Gasteiger partial charge >= 0.3 is 6.01 Å². The van der Waals surface area contributed by atoms with E-state index in [1.807, 2.05) is 4.90 Å². The van der Waals surface area contributed by atoms with Gasteiger partial charge in [-0.05, 0) is 64.1 Å². The van der Waals surface area contributed by atoms with Crippen molar-refractivity contribution in [3.05, 3.63) is 53.7 Å². The summed E-state index contributed by atoms with van der Waals surface area (Å²) in [6.45, 7) is 8.92. The number of anilines is 1. The number of ether oxygens (including phenoxy) is 1. The second-order valence-electron chi connectivity index (χ2n) is 12.4. The number of rotatable bonds is 6. The molecule has 12 heteroatoms. The van der Waals surface area contributed by atoms with Crippen LogP contribution >= 0.6 is 11.6 Å². The third-order valence-corrected chi connectivity index (χ3v) is 10.3. The number of aromatic nitrogens is 4. The van der Waals surface area contributed by atoms with E-state index >= 15 is 8.78 Å². The highest BCUT2D eigenvalue weighted by Crippen LogP contribution is 2.48. The quantitative estimate of drug-likeness (QED) is 0.274. The number of benzene rings is 2. The first-order valence-electron chi connectivity index (χ1n) is 14.9.